The average molecular weight is 238 g/mol. The van der Waals surface area contributed by atoms with E-state index >= 15 is 0 Å². The topological polar surface area (TPSA) is 66.8 Å². The number of rotatable bonds is 7. The first-order valence-corrected chi connectivity index (χ1v) is 5.55. The van der Waals surface area contributed by atoms with Crippen LogP contribution in [-0.4, -0.2) is 28.4 Å². The minimum atomic E-state index is -1.21. The van der Waals surface area contributed by atoms with E-state index in [9.17, 15) is 9.90 Å². The Bertz CT molecular complexity index is 346. The third-order valence-corrected chi connectivity index (χ3v) is 2.43. The maximum atomic E-state index is 10.5. The Balaban J connectivity index is 2.22. The monoisotopic (exact) mass is 238 g/mol. The van der Waals surface area contributed by atoms with Gasteiger partial charge in [0.1, 0.15) is 0 Å². The lowest BCUT2D eigenvalue weighted by molar-refractivity contribution is -0.142. The standard InChI is InChI=1S/C13H18O4/c1-13(16,9-12(14)15)7-8-17-10-11-5-3-2-4-6-11/h2-6,16H,7-10H2,1H3,(H,14,15). The molecule has 0 saturated carbocycles. The zero-order chi connectivity index (χ0) is 12.7. The van der Waals surface area contributed by atoms with Crippen molar-refractivity contribution in [3.8, 4) is 0 Å². The van der Waals surface area contributed by atoms with Crippen LogP contribution in [0.1, 0.15) is 25.3 Å². The van der Waals surface area contributed by atoms with E-state index in [0.29, 0.717) is 19.6 Å². The van der Waals surface area contributed by atoms with E-state index in [1.54, 1.807) is 0 Å². The van der Waals surface area contributed by atoms with E-state index in [4.69, 9.17) is 9.84 Å². The van der Waals surface area contributed by atoms with Crippen molar-refractivity contribution < 1.29 is 19.7 Å². The molecule has 0 radical (unpaired) electrons. The first kappa shape index (κ1) is 13.7. The molecule has 0 amide bonds. The largest absolute Gasteiger partial charge is 0.481 e. The summed E-state index contributed by atoms with van der Waals surface area (Å²) < 4.78 is 5.38. The minimum absolute atomic E-state index is 0.262. The zero-order valence-electron chi connectivity index (χ0n) is 9.93. The van der Waals surface area contributed by atoms with Gasteiger partial charge in [-0.2, -0.15) is 0 Å². The second kappa shape index (κ2) is 6.37. The quantitative estimate of drug-likeness (QED) is 0.711. The van der Waals surface area contributed by atoms with Crippen LogP contribution in [0.3, 0.4) is 0 Å². The highest BCUT2D eigenvalue weighted by molar-refractivity contribution is 5.67. The van der Waals surface area contributed by atoms with Crippen molar-refractivity contribution in [3.63, 3.8) is 0 Å². The van der Waals surface area contributed by atoms with Crippen molar-refractivity contribution in [1.29, 1.82) is 0 Å². The van der Waals surface area contributed by atoms with Crippen molar-refractivity contribution >= 4 is 5.97 Å². The normalized spacial score (nSPS) is 14.2. The highest BCUT2D eigenvalue weighted by Crippen LogP contribution is 2.14. The second-order valence-corrected chi connectivity index (χ2v) is 4.36. The first-order chi connectivity index (χ1) is 7.99. The fourth-order valence-corrected chi connectivity index (χ4v) is 1.47. The maximum Gasteiger partial charge on any atom is 0.306 e. The number of hydrogen-bond donors (Lipinski definition) is 2. The number of benzene rings is 1. The summed E-state index contributed by atoms with van der Waals surface area (Å²) in [5.41, 5.74) is -0.145. The van der Waals surface area contributed by atoms with Crippen LogP contribution in [0.15, 0.2) is 30.3 Å². The summed E-state index contributed by atoms with van der Waals surface area (Å²) in [6.45, 7) is 2.33. The molecular weight excluding hydrogens is 220 g/mol. The van der Waals surface area contributed by atoms with E-state index in [2.05, 4.69) is 0 Å². The van der Waals surface area contributed by atoms with Crippen LogP contribution >= 0.6 is 0 Å². The number of hydrogen-bond acceptors (Lipinski definition) is 3. The number of carboxylic acids is 1. The van der Waals surface area contributed by atoms with E-state index in [1.807, 2.05) is 30.3 Å². The van der Waals surface area contributed by atoms with E-state index in [1.165, 1.54) is 6.92 Å². The van der Waals surface area contributed by atoms with Crippen molar-refractivity contribution in [1.82, 2.24) is 0 Å². The molecule has 0 bridgehead atoms. The van der Waals surface area contributed by atoms with Crippen molar-refractivity contribution in [2.24, 2.45) is 0 Å². The molecule has 0 heterocycles. The van der Waals surface area contributed by atoms with E-state index in [-0.39, 0.29) is 6.42 Å². The van der Waals surface area contributed by atoms with Crippen LogP contribution in [0.4, 0.5) is 0 Å². The minimum Gasteiger partial charge on any atom is -0.481 e. The first-order valence-electron chi connectivity index (χ1n) is 5.55. The number of aliphatic carboxylic acids is 1. The van der Waals surface area contributed by atoms with Gasteiger partial charge in [-0.1, -0.05) is 30.3 Å². The van der Waals surface area contributed by atoms with Gasteiger partial charge in [0.15, 0.2) is 0 Å². The van der Waals surface area contributed by atoms with Gasteiger partial charge < -0.3 is 14.9 Å². The van der Waals surface area contributed by atoms with Gasteiger partial charge in [0.05, 0.1) is 18.6 Å². The molecule has 17 heavy (non-hydrogen) atoms. The van der Waals surface area contributed by atoms with Gasteiger partial charge in [-0.3, -0.25) is 4.79 Å². The molecule has 0 aliphatic rings. The number of ether oxygens (including phenoxy) is 1. The Kier molecular flexibility index (Phi) is 5.12. The molecule has 4 heteroatoms. The highest BCUT2D eigenvalue weighted by atomic mass is 16.5. The molecule has 0 aromatic heterocycles. The molecule has 0 aliphatic carbocycles. The molecule has 0 saturated heterocycles. The van der Waals surface area contributed by atoms with Crippen molar-refractivity contribution in [2.75, 3.05) is 6.61 Å². The molecule has 1 aromatic rings. The van der Waals surface area contributed by atoms with Gasteiger partial charge in [-0.05, 0) is 18.9 Å². The Hall–Kier alpha value is -1.39. The number of carbonyl (C=O) groups is 1. The maximum absolute atomic E-state index is 10.5. The molecule has 0 fully saturated rings. The second-order valence-electron chi connectivity index (χ2n) is 4.36. The molecular formula is C13H18O4. The fourth-order valence-electron chi connectivity index (χ4n) is 1.47. The molecule has 2 N–H and O–H groups in total. The van der Waals surface area contributed by atoms with Crippen LogP contribution < -0.4 is 0 Å². The van der Waals surface area contributed by atoms with Gasteiger partial charge in [0.2, 0.25) is 0 Å². The SMILES string of the molecule is CC(O)(CCOCc1ccccc1)CC(=O)O. The predicted octanol–water partition coefficient (Wildman–Crippen LogP) is 1.82. The molecule has 1 aromatic carbocycles. The van der Waals surface area contributed by atoms with Gasteiger partial charge in [-0.15, -0.1) is 0 Å². The lowest BCUT2D eigenvalue weighted by atomic mass is 9.99. The molecule has 0 aliphatic heterocycles. The number of aliphatic hydroxyl groups is 1. The summed E-state index contributed by atoms with van der Waals surface area (Å²) in [5.74, 6) is -1.00. The highest BCUT2D eigenvalue weighted by Gasteiger charge is 2.23. The summed E-state index contributed by atoms with van der Waals surface area (Å²) in [7, 11) is 0. The van der Waals surface area contributed by atoms with Crippen molar-refractivity contribution in [2.45, 2.75) is 32.0 Å². The van der Waals surface area contributed by atoms with Crippen LogP contribution in [-0.2, 0) is 16.1 Å². The summed E-state index contributed by atoms with van der Waals surface area (Å²) >= 11 is 0. The van der Waals surface area contributed by atoms with Crippen LogP contribution in [0.25, 0.3) is 0 Å². The van der Waals surface area contributed by atoms with Crippen LogP contribution in [0.2, 0.25) is 0 Å². The zero-order valence-corrected chi connectivity index (χ0v) is 9.93. The molecule has 1 unspecified atom stereocenters. The molecule has 94 valence electrons. The summed E-state index contributed by atoms with van der Waals surface area (Å²) in [6, 6.07) is 9.70. The molecule has 1 atom stereocenters. The van der Waals surface area contributed by atoms with Gasteiger partial charge in [-0.25, -0.2) is 0 Å². The van der Waals surface area contributed by atoms with Crippen molar-refractivity contribution in [3.05, 3.63) is 35.9 Å². The predicted molar refractivity (Wildman–Crippen MR) is 63.6 cm³/mol. The summed E-state index contributed by atoms with van der Waals surface area (Å²) in [5, 5.41) is 18.3. The molecule has 1 rings (SSSR count). The smallest absolute Gasteiger partial charge is 0.306 e. The Morgan fingerprint density at radius 2 is 2.00 bits per heavy atom. The number of carboxylic acid groups (broad SMARTS) is 1. The summed E-state index contributed by atoms with van der Waals surface area (Å²) in [6.07, 6.45) is 0.0494. The lowest BCUT2D eigenvalue weighted by Crippen LogP contribution is -2.29. The Labute approximate surface area is 101 Å². The third-order valence-electron chi connectivity index (χ3n) is 2.43. The molecule has 4 nitrogen and oxygen atoms in total. The molecule has 0 spiro atoms. The summed E-state index contributed by atoms with van der Waals surface area (Å²) in [4.78, 5) is 10.5. The van der Waals surface area contributed by atoms with Gasteiger partial charge in [0.25, 0.3) is 0 Å². The van der Waals surface area contributed by atoms with Gasteiger partial charge >= 0.3 is 5.97 Å². The fraction of sp³-hybridized carbons (Fsp3) is 0.462. The van der Waals surface area contributed by atoms with Crippen LogP contribution in [0, 0.1) is 0 Å². The lowest BCUT2D eigenvalue weighted by Gasteiger charge is -2.20. The van der Waals surface area contributed by atoms with E-state index < -0.39 is 11.6 Å². The average Bonchev–Trinajstić information content (AvgIpc) is 2.24. The van der Waals surface area contributed by atoms with E-state index in [0.717, 1.165) is 5.56 Å². The van der Waals surface area contributed by atoms with Crippen LogP contribution in [0.5, 0.6) is 0 Å². The van der Waals surface area contributed by atoms with Gasteiger partial charge in [0, 0.05) is 6.61 Å². The third kappa shape index (κ3) is 6.04. The Morgan fingerprint density at radius 1 is 1.35 bits per heavy atom. The Morgan fingerprint density at radius 3 is 2.59 bits per heavy atom.